The van der Waals surface area contributed by atoms with Gasteiger partial charge in [-0.1, -0.05) is 29.3 Å². The molecule has 2 heterocycles. The van der Waals surface area contributed by atoms with Crippen molar-refractivity contribution in [3.05, 3.63) is 47.1 Å². The average molecular weight is 396 g/mol. The van der Waals surface area contributed by atoms with E-state index >= 15 is 0 Å². The Bertz CT molecular complexity index is 890. The van der Waals surface area contributed by atoms with Gasteiger partial charge in [-0.05, 0) is 38.3 Å². The molecule has 0 radical (unpaired) electrons. The Morgan fingerprint density at radius 1 is 1.28 bits per heavy atom. The Labute approximate surface area is 171 Å². The zero-order chi connectivity index (χ0) is 20.4. The van der Waals surface area contributed by atoms with Crippen LogP contribution in [-0.4, -0.2) is 57.4 Å². The van der Waals surface area contributed by atoms with Crippen LogP contribution in [0.3, 0.4) is 0 Å². The molecule has 0 N–H and O–H groups in total. The first-order valence-electron chi connectivity index (χ1n) is 10.5. The number of aryl methyl sites for hydroxylation is 1. The van der Waals surface area contributed by atoms with Gasteiger partial charge in [-0.3, -0.25) is 9.59 Å². The number of rotatable bonds is 6. The minimum atomic E-state index is 0.0163. The highest BCUT2D eigenvalue weighted by atomic mass is 16.5. The predicted octanol–water partition coefficient (Wildman–Crippen LogP) is 2.95. The normalized spacial score (nSPS) is 19.2. The smallest absolute Gasteiger partial charge is 0.253 e. The van der Waals surface area contributed by atoms with Crippen LogP contribution in [0, 0.1) is 6.92 Å². The number of amides is 2. The third kappa shape index (κ3) is 4.33. The second-order valence-corrected chi connectivity index (χ2v) is 8.20. The lowest BCUT2D eigenvalue weighted by Gasteiger charge is -2.27. The number of benzene rings is 1. The summed E-state index contributed by atoms with van der Waals surface area (Å²) in [5.41, 5.74) is 1.77. The highest BCUT2D eigenvalue weighted by molar-refractivity contribution is 5.94. The molecule has 0 spiro atoms. The largest absolute Gasteiger partial charge is 0.339 e. The number of likely N-dealkylation sites (tertiary alicyclic amines) is 1. The maximum Gasteiger partial charge on any atom is 0.253 e. The third-order valence-electron chi connectivity index (χ3n) is 6.08. The van der Waals surface area contributed by atoms with Crippen LogP contribution in [0.15, 0.2) is 28.8 Å². The fourth-order valence-electron chi connectivity index (χ4n) is 4.15. The lowest BCUT2D eigenvalue weighted by Crippen LogP contribution is -2.42. The van der Waals surface area contributed by atoms with Crippen molar-refractivity contribution >= 4 is 11.8 Å². The minimum Gasteiger partial charge on any atom is -0.339 e. The van der Waals surface area contributed by atoms with Gasteiger partial charge >= 0.3 is 0 Å². The van der Waals surface area contributed by atoms with Crippen LogP contribution in [0.1, 0.15) is 66.2 Å². The van der Waals surface area contributed by atoms with E-state index in [-0.39, 0.29) is 17.9 Å². The molecule has 1 saturated heterocycles. The maximum absolute atomic E-state index is 12.8. The summed E-state index contributed by atoms with van der Waals surface area (Å²) in [7, 11) is 0. The quantitative estimate of drug-likeness (QED) is 0.750. The van der Waals surface area contributed by atoms with Crippen LogP contribution >= 0.6 is 0 Å². The second kappa shape index (κ2) is 8.35. The summed E-state index contributed by atoms with van der Waals surface area (Å²) in [5.74, 6) is 1.85. The van der Waals surface area contributed by atoms with Gasteiger partial charge < -0.3 is 14.3 Å². The Balaban J connectivity index is 1.35. The van der Waals surface area contributed by atoms with E-state index in [1.54, 1.807) is 6.92 Å². The van der Waals surface area contributed by atoms with E-state index in [0.29, 0.717) is 43.4 Å². The van der Waals surface area contributed by atoms with E-state index in [9.17, 15) is 9.59 Å². The van der Waals surface area contributed by atoms with E-state index in [0.717, 1.165) is 30.7 Å². The van der Waals surface area contributed by atoms with E-state index in [1.165, 1.54) is 6.42 Å². The van der Waals surface area contributed by atoms with Crippen LogP contribution in [0.2, 0.25) is 0 Å². The molecule has 154 valence electrons. The molecule has 7 heteroatoms. The van der Waals surface area contributed by atoms with E-state index in [1.807, 2.05) is 41.0 Å². The summed E-state index contributed by atoms with van der Waals surface area (Å²) < 4.78 is 5.38. The molecular weight excluding hydrogens is 368 g/mol. The topological polar surface area (TPSA) is 79.5 Å². The zero-order valence-corrected chi connectivity index (χ0v) is 17.1. The van der Waals surface area contributed by atoms with Crippen molar-refractivity contribution in [2.24, 2.45) is 0 Å². The Kier molecular flexibility index (Phi) is 5.65. The number of carbonyl (C=O) groups excluding carboxylic acids is 2. The van der Waals surface area contributed by atoms with E-state index < -0.39 is 0 Å². The van der Waals surface area contributed by atoms with Crippen molar-refractivity contribution in [3.63, 3.8) is 0 Å². The fourth-order valence-corrected chi connectivity index (χ4v) is 4.15. The van der Waals surface area contributed by atoms with Crippen LogP contribution < -0.4 is 0 Å². The number of aromatic nitrogens is 2. The predicted molar refractivity (Wildman–Crippen MR) is 107 cm³/mol. The number of nitrogens with zero attached hydrogens (tertiary/aromatic N) is 4. The molecule has 2 amide bonds. The fraction of sp³-hybridized carbons (Fsp3) is 0.545. The molecule has 2 aromatic rings. The Hall–Kier alpha value is -2.70. The molecule has 1 aromatic heterocycles. The highest BCUT2D eigenvalue weighted by Crippen LogP contribution is 2.35. The molecule has 4 rings (SSSR count). The van der Waals surface area contributed by atoms with Crippen LogP contribution in [0.4, 0.5) is 0 Å². The number of carbonyl (C=O) groups is 2. The summed E-state index contributed by atoms with van der Waals surface area (Å²) in [6.45, 7) is 5.33. The Morgan fingerprint density at radius 2 is 2.10 bits per heavy atom. The van der Waals surface area contributed by atoms with Crippen molar-refractivity contribution in [3.8, 4) is 0 Å². The monoisotopic (exact) mass is 396 g/mol. The molecule has 1 atom stereocenters. The molecule has 1 saturated carbocycles. The van der Waals surface area contributed by atoms with Crippen LogP contribution in [0.25, 0.3) is 0 Å². The van der Waals surface area contributed by atoms with Crippen molar-refractivity contribution in [2.75, 3.05) is 19.6 Å². The average Bonchev–Trinajstić information content (AvgIpc) is 3.30. The SMILES string of the molecule is CC(=O)N(CCc1noc(C2CCC2)n1)C1CCN(C(=O)c2cccc(C)c2)C1. The molecule has 1 aliphatic heterocycles. The lowest BCUT2D eigenvalue weighted by molar-refractivity contribution is -0.130. The minimum absolute atomic E-state index is 0.0163. The summed E-state index contributed by atoms with van der Waals surface area (Å²) in [6.07, 6.45) is 4.82. The molecule has 1 aromatic carbocycles. The van der Waals surface area contributed by atoms with Gasteiger partial charge in [-0.2, -0.15) is 4.98 Å². The van der Waals surface area contributed by atoms with Crippen molar-refractivity contribution < 1.29 is 14.1 Å². The third-order valence-corrected chi connectivity index (χ3v) is 6.08. The van der Waals surface area contributed by atoms with Gasteiger partial charge in [-0.15, -0.1) is 0 Å². The summed E-state index contributed by atoms with van der Waals surface area (Å²) in [4.78, 5) is 33.3. The van der Waals surface area contributed by atoms with E-state index in [4.69, 9.17) is 4.52 Å². The molecule has 2 fully saturated rings. The lowest BCUT2D eigenvalue weighted by atomic mass is 9.85. The van der Waals surface area contributed by atoms with Gasteiger partial charge in [0.1, 0.15) is 0 Å². The van der Waals surface area contributed by atoms with Gasteiger partial charge in [0.2, 0.25) is 11.8 Å². The van der Waals surface area contributed by atoms with Gasteiger partial charge in [0.05, 0.1) is 6.04 Å². The standard InChI is InChI=1S/C22H28N4O3/c1-15-5-3-8-18(13-15)22(28)25-11-9-19(14-25)26(16(2)27)12-10-20-23-21(29-24-20)17-6-4-7-17/h3,5,8,13,17,19H,4,6-7,9-12,14H2,1-2H3. The first-order chi connectivity index (χ1) is 14.0. The van der Waals surface area contributed by atoms with Gasteiger partial charge in [0, 0.05) is 44.5 Å². The molecular formula is C22H28N4O3. The van der Waals surface area contributed by atoms with Gasteiger partial charge in [0.25, 0.3) is 5.91 Å². The summed E-state index contributed by atoms with van der Waals surface area (Å²) in [6, 6.07) is 7.67. The second-order valence-electron chi connectivity index (χ2n) is 8.20. The summed E-state index contributed by atoms with van der Waals surface area (Å²) >= 11 is 0. The van der Waals surface area contributed by atoms with Crippen molar-refractivity contribution in [1.82, 2.24) is 19.9 Å². The van der Waals surface area contributed by atoms with Crippen molar-refractivity contribution in [1.29, 1.82) is 0 Å². The zero-order valence-electron chi connectivity index (χ0n) is 17.1. The maximum atomic E-state index is 12.8. The van der Waals surface area contributed by atoms with Crippen LogP contribution in [0.5, 0.6) is 0 Å². The molecule has 0 bridgehead atoms. The molecule has 1 aliphatic carbocycles. The molecule has 2 aliphatic rings. The molecule has 7 nitrogen and oxygen atoms in total. The molecule has 1 unspecified atom stereocenters. The van der Waals surface area contributed by atoms with Gasteiger partial charge in [0.15, 0.2) is 5.82 Å². The van der Waals surface area contributed by atoms with Crippen LogP contribution in [-0.2, 0) is 11.2 Å². The molecule has 29 heavy (non-hydrogen) atoms. The first-order valence-corrected chi connectivity index (χ1v) is 10.5. The number of hydrogen-bond donors (Lipinski definition) is 0. The van der Waals surface area contributed by atoms with Crippen molar-refractivity contribution in [2.45, 2.75) is 57.9 Å². The summed E-state index contributed by atoms with van der Waals surface area (Å²) in [5, 5.41) is 4.08. The highest BCUT2D eigenvalue weighted by Gasteiger charge is 2.32. The first kappa shape index (κ1) is 19.6. The number of hydrogen-bond acceptors (Lipinski definition) is 5. The van der Waals surface area contributed by atoms with E-state index in [2.05, 4.69) is 10.1 Å². The Morgan fingerprint density at radius 3 is 2.79 bits per heavy atom. The van der Waals surface area contributed by atoms with Gasteiger partial charge in [-0.25, -0.2) is 0 Å².